The van der Waals surface area contributed by atoms with Crippen LogP contribution in [0.4, 0.5) is 5.69 Å². The zero-order valence-corrected chi connectivity index (χ0v) is 9.07. The van der Waals surface area contributed by atoms with Gasteiger partial charge in [0.05, 0.1) is 18.8 Å². The molecular formula is C12H17N2O. The first-order valence-corrected chi connectivity index (χ1v) is 5.44. The zero-order chi connectivity index (χ0) is 10.5. The monoisotopic (exact) mass is 205 g/mol. The van der Waals surface area contributed by atoms with Gasteiger partial charge >= 0.3 is 0 Å². The van der Waals surface area contributed by atoms with E-state index in [9.17, 15) is 0 Å². The molecule has 3 heteroatoms. The fourth-order valence-corrected chi connectivity index (χ4v) is 1.76. The molecule has 1 radical (unpaired) electrons. The fourth-order valence-electron chi connectivity index (χ4n) is 1.76. The highest BCUT2D eigenvalue weighted by Crippen LogP contribution is 2.28. The third-order valence-corrected chi connectivity index (χ3v) is 2.46. The van der Waals surface area contributed by atoms with Crippen LogP contribution in [0.5, 0.6) is 5.75 Å². The smallest absolute Gasteiger partial charge is 0.142 e. The first-order valence-electron chi connectivity index (χ1n) is 5.44. The van der Waals surface area contributed by atoms with Crippen LogP contribution in [0.2, 0.25) is 0 Å². The molecule has 15 heavy (non-hydrogen) atoms. The molecule has 0 saturated carbocycles. The lowest BCUT2D eigenvalue weighted by Crippen LogP contribution is -2.40. The Balaban J connectivity index is 2.17. The summed E-state index contributed by atoms with van der Waals surface area (Å²) in [6.07, 6.45) is 0. The second kappa shape index (κ2) is 5.03. The Morgan fingerprint density at radius 3 is 3.00 bits per heavy atom. The molecule has 1 aliphatic rings. The lowest BCUT2D eigenvalue weighted by Gasteiger charge is -2.30. The van der Waals surface area contributed by atoms with Gasteiger partial charge in [-0.3, -0.25) is 0 Å². The number of ether oxygens (including phenoxy) is 1. The first-order chi connectivity index (χ1) is 7.42. The standard InChI is InChI=1S/C12H17N2O/c1-2-15-12-6-4-3-5-11(12)14-9-7-13-8-10-14/h3-6,9,13H,2,7-8,10H2,1H3. The van der Waals surface area contributed by atoms with Crippen LogP contribution in [0, 0.1) is 6.54 Å². The quantitative estimate of drug-likeness (QED) is 0.812. The van der Waals surface area contributed by atoms with Crippen molar-refractivity contribution in [3.63, 3.8) is 0 Å². The van der Waals surface area contributed by atoms with Crippen molar-refractivity contribution >= 4 is 5.69 Å². The lowest BCUT2D eigenvalue weighted by molar-refractivity contribution is 0.340. The van der Waals surface area contributed by atoms with Crippen molar-refractivity contribution in [1.82, 2.24) is 5.32 Å². The molecule has 0 unspecified atom stereocenters. The summed E-state index contributed by atoms with van der Waals surface area (Å²) in [5, 5.41) is 3.30. The van der Waals surface area contributed by atoms with Crippen LogP contribution in [0.15, 0.2) is 24.3 Å². The highest BCUT2D eigenvalue weighted by atomic mass is 16.5. The predicted octanol–water partition coefficient (Wildman–Crippen LogP) is 1.66. The van der Waals surface area contributed by atoms with E-state index in [1.54, 1.807) is 0 Å². The van der Waals surface area contributed by atoms with E-state index in [0.717, 1.165) is 25.4 Å². The van der Waals surface area contributed by atoms with Gasteiger partial charge in [-0.15, -0.1) is 0 Å². The predicted molar refractivity (Wildman–Crippen MR) is 62.1 cm³/mol. The molecule has 0 aromatic heterocycles. The second-order valence-corrected chi connectivity index (χ2v) is 3.48. The van der Waals surface area contributed by atoms with Gasteiger partial charge in [-0.2, -0.15) is 0 Å². The Hall–Kier alpha value is -1.22. The maximum absolute atomic E-state index is 5.61. The van der Waals surface area contributed by atoms with Gasteiger partial charge in [0.15, 0.2) is 0 Å². The van der Waals surface area contributed by atoms with Crippen molar-refractivity contribution in [2.24, 2.45) is 0 Å². The Morgan fingerprint density at radius 1 is 1.40 bits per heavy atom. The molecule has 81 valence electrons. The van der Waals surface area contributed by atoms with E-state index >= 15 is 0 Å². The molecule has 1 aromatic carbocycles. The summed E-state index contributed by atoms with van der Waals surface area (Å²) in [7, 11) is 0. The molecule has 0 aliphatic carbocycles. The van der Waals surface area contributed by atoms with Gasteiger partial charge in [0.1, 0.15) is 5.75 Å². The molecule has 2 rings (SSSR count). The van der Waals surface area contributed by atoms with Crippen molar-refractivity contribution in [1.29, 1.82) is 0 Å². The SMILES string of the molecule is CCOc1ccccc1N1[CH]CNCC1. The Morgan fingerprint density at radius 2 is 2.27 bits per heavy atom. The second-order valence-electron chi connectivity index (χ2n) is 3.48. The summed E-state index contributed by atoms with van der Waals surface area (Å²) < 4.78 is 5.61. The summed E-state index contributed by atoms with van der Waals surface area (Å²) >= 11 is 0. The van der Waals surface area contributed by atoms with Crippen LogP contribution >= 0.6 is 0 Å². The van der Waals surface area contributed by atoms with E-state index in [1.807, 2.05) is 25.1 Å². The molecule has 0 amide bonds. The average Bonchev–Trinajstić information content (AvgIpc) is 2.31. The topological polar surface area (TPSA) is 24.5 Å². The Bertz CT molecular complexity index is 308. The summed E-state index contributed by atoms with van der Waals surface area (Å²) in [6, 6.07) is 8.19. The summed E-state index contributed by atoms with van der Waals surface area (Å²) in [5.74, 6) is 0.971. The normalized spacial score (nSPS) is 16.5. The van der Waals surface area contributed by atoms with Gasteiger partial charge in [0.25, 0.3) is 0 Å². The summed E-state index contributed by atoms with van der Waals surface area (Å²) in [6.45, 7) is 7.85. The summed E-state index contributed by atoms with van der Waals surface area (Å²) in [5.41, 5.74) is 1.17. The van der Waals surface area contributed by atoms with E-state index in [2.05, 4.69) is 22.8 Å². The molecule has 1 fully saturated rings. The van der Waals surface area contributed by atoms with Gasteiger partial charge in [0, 0.05) is 19.6 Å². The minimum atomic E-state index is 0.711. The van der Waals surface area contributed by atoms with Crippen LogP contribution in [-0.4, -0.2) is 26.2 Å². The number of benzene rings is 1. The maximum atomic E-state index is 5.61. The van der Waals surface area contributed by atoms with Gasteiger partial charge < -0.3 is 15.0 Å². The molecule has 1 saturated heterocycles. The number of hydrogen-bond acceptors (Lipinski definition) is 3. The molecule has 0 atom stereocenters. The minimum Gasteiger partial charge on any atom is -0.492 e. The Labute approximate surface area is 91.0 Å². The number of piperazine rings is 1. The van der Waals surface area contributed by atoms with Gasteiger partial charge in [0.2, 0.25) is 0 Å². The maximum Gasteiger partial charge on any atom is 0.142 e. The minimum absolute atomic E-state index is 0.711. The van der Waals surface area contributed by atoms with Crippen LogP contribution < -0.4 is 15.0 Å². The van der Waals surface area contributed by atoms with E-state index in [-0.39, 0.29) is 0 Å². The van der Waals surface area contributed by atoms with Crippen molar-refractivity contribution in [2.75, 3.05) is 31.1 Å². The fraction of sp³-hybridized carbons (Fsp3) is 0.417. The number of anilines is 1. The van der Waals surface area contributed by atoms with E-state index in [0.29, 0.717) is 6.61 Å². The van der Waals surface area contributed by atoms with Crippen LogP contribution in [0.1, 0.15) is 6.92 Å². The lowest BCUT2D eigenvalue weighted by atomic mass is 10.2. The number of rotatable bonds is 3. The van der Waals surface area contributed by atoms with Crippen LogP contribution in [-0.2, 0) is 0 Å². The molecular weight excluding hydrogens is 188 g/mol. The first kappa shape index (κ1) is 10.3. The largest absolute Gasteiger partial charge is 0.492 e. The van der Waals surface area contributed by atoms with Gasteiger partial charge in [-0.05, 0) is 19.1 Å². The number of para-hydroxylation sites is 2. The molecule has 0 bridgehead atoms. The number of nitrogens with zero attached hydrogens (tertiary/aromatic N) is 1. The van der Waals surface area contributed by atoms with Crippen LogP contribution in [0.25, 0.3) is 0 Å². The highest BCUT2D eigenvalue weighted by Gasteiger charge is 2.14. The average molecular weight is 205 g/mol. The van der Waals surface area contributed by atoms with Gasteiger partial charge in [-0.25, -0.2) is 0 Å². The van der Waals surface area contributed by atoms with E-state index in [4.69, 9.17) is 4.74 Å². The van der Waals surface area contributed by atoms with Gasteiger partial charge in [-0.1, -0.05) is 12.1 Å². The summed E-state index contributed by atoms with van der Waals surface area (Å²) in [4.78, 5) is 2.25. The third-order valence-electron chi connectivity index (χ3n) is 2.46. The molecule has 1 aromatic rings. The molecule has 1 aliphatic heterocycles. The molecule has 1 N–H and O–H groups in total. The van der Waals surface area contributed by atoms with E-state index < -0.39 is 0 Å². The molecule has 1 heterocycles. The van der Waals surface area contributed by atoms with Crippen molar-refractivity contribution in [3.8, 4) is 5.75 Å². The Kier molecular flexibility index (Phi) is 3.45. The van der Waals surface area contributed by atoms with E-state index in [1.165, 1.54) is 5.69 Å². The van der Waals surface area contributed by atoms with Crippen molar-refractivity contribution in [3.05, 3.63) is 30.8 Å². The zero-order valence-electron chi connectivity index (χ0n) is 9.07. The number of nitrogens with one attached hydrogen (secondary N) is 1. The molecule has 0 spiro atoms. The highest BCUT2D eigenvalue weighted by molar-refractivity contribution is 5.59. The van der Waals surface area contributed by atoms with Crippen molar-refractivity contribution in [2.45, 2.75) is 6.92 Å². The number of hydrogen-bond donors (Lipinski definition) is 1. The third kappa shape index (κ3) is 2.42. The van der Waals surface area contributed by atoms with Crippen molar-refractivity contribution < 1.29 is 4.74 Å². The van der Waals surface area contributed by atoms with Crippen LogP contribution in [0.3, 0.4) is 0 Å². The molecule has 3 nitrogen and oxygen atoms in total.